The van der Waals surface area contributed by atoms with Crippen LogP contribution < -0.4 is 5.73 Å². The third-order valence-electron chi connectivity index (χ3n) is 3.39. The van der Waals surface area contributed by atoms with Gasteiger partial charge in [-0.2, -0.15) is 0 Å². The normalized spacial score (nSPS) is 33.5. The highest BCUT2D eigenvalue weighted by Gasteiger charge is 2.40. The molecule has 88 valence electrons. The van der Waals surface area contributed by atoms with Gasteiger partial charge in [0.1, 0.15) is 0 Å². The molecule has 1 heterocycles. The second-order valence-electron chi connectivity index (χ2n) is 4.54. The summed E-state index contributed by atoms with van der Waals surface area (Å²) in [6.45, 7) is 4.66. The molecule has 2 N–H and O–H groups in total. The first-order valence-electron chi connectivity index (χ1n) is 5.44. The quantitative estimate of drug-likeness (QED) is 0.716. The first-order chi connectivity index (χ1) is 7.00. The van der Waals surface area contributed by atoms with Gasteiger partial charge in [-0.15, -0.1) is 0 Å². The van der Waals surface area contributed by atoms with Crippen LogP contribution in [-0.2, 0) is 14.3 Å². The fraction of sp³-hybridized carbons (Fsp3) is 0.909. The third kappa shape index (κ3) is 2.92. The van der Waals surface area contributed by atoms with Gasteiger partial charge in [0.2, 0.25) is 0 Å². The minimum atomic E-state index is -0.179. The number of carbonyl (C=O) groups is 1. The Morgan fingerprint density at radius 3 is 2.87 bits per heavy atom. The van der Waals surface area contributed by atoms with Crippen molar-refractivity contribution in [1.29, 1.82) is 0 Å². The van der Waals surface area contributed by atoms with E-state index in [4.69, 9.17) is 15.2 Å². The molecule has 1 aliphatic heterocycles. The highest BCUT2D eigenvalue weighted by Crippen LogP contribution is 2.39. The molecule has 1 fully saturated rings. The topological polar surface area (TPSA) is 61.5 Å². The monoisotopic (exact) mass is 215 g/mol. The molecule has 1 aliphatic rings. The highest BCUT2D eigenvalue weighted by atomic mass is 16.5. The van der Waals surface area contributed by atoms with Crippen molar-refractivity contribution in [3.63, 3.8) is 0 Å². The predicted molar refractivity (Wildman–Crippen MR) is 57.4 cm³/mol. The Hall–Kier alpha value is -0.610. The van der Waals surface area contributed by atoms with Crippen LogP contribution in [0.4, 0.5) is 0 Å². The van der Waals surface area contributed by atoms with Crippen molar-refractivity contribution in [2.75, 3.05) is 13.7 Å². The first kappa shape index (κ1) is 12.5. The minimum Gasteiger partial charge on any atom is -0.469 e. The van der Waals surface area contributed by atoms with E-state index in [0.29, 0.717) is 13.0 Å². The maximum Gasteiger partial charge on any atom is 0.306 e. The number of nitrogens with two attached hydrogens (primary N) is 1. The van der Waals surface area contributed by atoms with Crippen molar-refractivity contribution in [3.8, 4) is 0 Å². The molecule has 4 heteroatoms. The van der Waals surface area contributed by atoms with Crippen molar-refractivity contribution in [2.24, 2.45) is 11.1 Å². The summed E-state index contributed by atoms with van der Waals surface area (Å²) in [6.07, 6.45) is 2.24. The third-order valence-corrected chi connectivity index (χ3v) is 3.39. The van der Waals surface area contributed by atoms with Gasteiger partial charge in [-0.25, -0.2) is 0 Å². The zero-order valence-electron chi connectivity index (χ0n) is 9.79. The van der Waals surface area contributed by atoms with Gasteiger partial charge in [0.15, 0.2) is 0 Å². The number of hydrogen-bond acceptors (Lipinski definition) is 4. The summed E-state index contributed by atoms with van der Waals surface area (Å²) < 4.78 is 10.2. The lowest BCUT2D eigenvalue weighted by atomic mass is 9.70. The van der Waals surface area contributed by atoms with Crippen LogP contribution in [0.2, 0.25) is 0 Å². The molecule has 0 aliphatic carbocycles. The van der Waals surface area contributed by atoms with Gasteiger partial charge in [0.25, 0.3) is 0 Å². The molecule has 0 radical (unpaired) electrons. The van der Waals surface area contributed by atoms with E-state index in [9.17, 15) is 4.79 Å². The van der Waals surface area contributed by atoms with E-state index >= 15 is 0 Å². The van der Waals surface area contributed by atoms with E-state index in [1.807, 2.05) is 13.8 Å². The largest absolute Gasteiger partial charge is 0.469 e. The molecule has 4 nitrogen and oxygen atoms in total. The van der Waals surface area contributed by atoms with E-state index in [1.165, 1.54) is 7.11 Å². The Kier molecular flexibility index (Phi) is 4.11. The number of hydrogen-bond donors (Lipinski definition) is 1. The number of ether oxygens (including phenoxy) is 2. The average Bonchev–Trinajstić information content (AvgIpc) is 2.17. The maximum absolute atomic E-state index is 11.4. The molecule has 0 spiro atoms. The lowest BCUT2D eigenvalue weighted by Gasteiger charge is -2.42. The molecule has 1 saturated heterocycles. The van der Waals surface area contributed by atoms with Crippen LogP contribution in [0.15, 0.2) is 0 Å². The summed E-state index contributed by atoms with van der Waals surface area (Å²) in [5.41, 5.74) is 5.86. The molecule has 1 rings (SSSR count). The van der Waals surface area contributed by atoms with E-state index in [0.717, 1.165) is 12.8 Å². The molecular weight excluding hydrogens is 194 g/mol. The Labute approximate surface area is 91.1 Å². The van der Waals surface area contributed by atoms with Gasteiger partial charge < -0.3 is 15.2 Å². The zero-order valence-corrected chi connectivity index (χ0v) is 9.79. The van der Waals surface area contributed by atoms with Crippen LogP contribution in [-0.4, -0.2) is 31.8 Å². The van der Waals surface area contributed by atoms with E-state index < -0.39 is 0 Å². The molecule has 3 unspecified atom stereocenters. The molecule has 0 bridgehead atoms. The van der Waals surface area contributed by atoms with Crippen molar-refractivity contribution in [1.82, 2.24) is 0 Å². The van der Waals surface area contributed by atoms with Gasteiger partial charge in [-0.3, -0.25) is 4.79 Å². The molecule has 3 atom stereocenters. The summed E-state index contributed by atoms with van der Waals surface area (Å²) in [5, 5.41) is 0. The molecule has 15 heavy (non-hydrogen) atoms. The summed E-state index contributed by atoms with van der Waals surface area (Å²) in [4.78, 5) is 11.4. The van der Waals surface area contributed by atoms with Crippen molar-refractivity contribution in [2.45, 2.75) is 45.3 Å². The zero-order chi connectivity index (χ0) is 11.5. The summed E-state index contributed by atoms with van der Waals surface area (Å²) >= 11 is 0. The van der Waals surface area contributed by atoms with Crippen LogP contribution in [0.1, 0.15) is 33.1 Å². The standard InChI is InChI=1S/C11H21NO3/c1-8-6-11(9(2)12,4-5-15-8)7-10(13)14-3/h8-9H,4-7,12H2,1-3H3. The van der Waals surface area contributed by atoms with E-state index in [1.54, 1.807) is 0 Å². The van der Waals surface area contributed by atoms with E-state index in [2.05, 4.69) is 0 Å². The van der Waals surface area contributed by atoms with Gasteiger partial charge in [0.05, 0.1) is 19.6 Å². The van der Waals surface area contributed by atoms with Crippen molar-refractivity contribution in [3.05, 3.63) is 0 Å². The van der Waals surface area contributed by atoms with Crippen LogP contribution in [0.5, 0.6) is 0 Å². The van der Waals surface area contributed by atoms with Gasteiger partial charge >= 0.3 is 5.97 Å². The molecule has 0 aromatic heterocycles. The minimum absolute atomic E-state index is 0.0112. The van der Waals surface area contributed by atoms with E-state index in [-0.39, 0.29) is 23.5 Å². The van der Waals surface area contributed by atoms with Crippen molar-refractivity contribution >= 4 is 5.97 Å². The molecular formula is C11H21NO3. The number of esters is 1. The van der Waals surface area contributed by atoms with Crippen molar-refractivity contribution < 1.29 is 14.3 Å². The molecule has 0 aromatic carbocycles. The smallest absolute Gasteiger partial charge is 0.306 e. The predicted octanol–water partition coefficient (Wildman–Crippen LogP) is 1.08. The van der Waals surface area contributed by atoms with Crippen LogP contribution in [0.25, 0.3) is 0 Å². The lowest BCUT2D eigenvalue weighted by Crippen LogP contribution is -2.47. The van der Waals surface area contributed by atoms with Crippen LogP contribution >= 0.6 is 0 Å². The highest BCUT2D eigenvalue weighted by molar-refractivity contribution is 5.70. The molecule has 0 saturated carbocycles. The summed E-state index contributed by atoms with van der Waals surface area (Å²) in [5.74, 6) is -0.179. The second-order valence-corrected chi connectivity index (χ2v) is 4.54. The molecule has 0 aromatic rings. The number of rotatable bonds is 3. The summed E-state index contributed by atoms with van der Waals surface area (Å²) in [7, 11) is 1.42. The Balaban J connectivity index is 2.73. The van der Waals surface area contributed by atoms with Gasteiger partial charge in [-0.05, 0) is 26.7 Å². The Bertz CT molecular complexity index is 230. The lowest BCUT2D eigenvalue weighted by molar-refractivity contribution is -0.147. The molecule has 0 amide bonds. The Morgan fingerprint density at radius 2 is 2.40 bits per heavy atom. The fourth-order valence-corrected chi connectivity index (χ4v) is 2.29. The number of carbonyl (C=O) groups excluding carboxylic acids is 1. The number of methoxy groups -OCH3 is 1. The maximum atomic E-state index is 11.4. The van der Waals surface area contributed by atoms with Crippen LogP contribution in [0.3, 0.4) is 0 Å². The Morgan fingerprint density at radius 1 is 1.73 bits per heavy atom. The average molecular weight is 215 g/mol. The van der Waals surface area contributed by atoms with Gasteiger partial charge in [0, 0.05) is 18.1 Å². The summed E-state index contributed by atoms with van der Waals surface area (Å²) in [6, 6.07) is -0.0112. The SMILES string of the molecule is COC(=O)CC1(C(C)N)CCOC(C)C1. The first-order valence-corrected chi connectivity index (χ1v) is 5.44. The van der Waals surface area contributed by atoms with Gasteiger partial charge in [-0.1, -0.05) is 0 Å². The second kappa shape index (κ2) is 4.94. The van der Waals surface area contributed by atoms with Crippen LogP contribution in [0, 0.1) is 5.41 Å². The fourth-order valence-electron chi connectivity index (χ4n) is 2.29.